The van der Waals surface area contributed by atoms with Gasteiger partial charge in [-0.15, -0.1) is 0 Å². The Balaban J connectivity index is 1.58. The van der Waals surface area contributed by atoms with Crippen molar-refractivity contribution in [1.29, 1.82) is 0 Å². The van der Waals surface area contributed by atoms with Crippen LogP contribution in [0.4, 0.5) is 0 Å². The van der Waals surface area contributed by atoms with E-state index in [4.69, 9.17) is 0 Å². The Bertz CT molecular complexity index is 717. The van der Waals surface area contributed by atoms with Crippen molar-refractivity contribution in [2.75, 3.05) is 20.1 Å². The third-order valence-electron chi connectivity index (χ3n) is 5.84. The third-order valence-corrected chi connectivity index (χ3v) is 7.85. The van der Waals surface area contributed by atoms with E-state index in [2.05, 4.69) is 5.32 Å². The van der Waals surface area contributed by atoms with Gasteiger partial charge in [0.15, 0.2) is 0 Å². The number of nitrogens with one attached hydrogen (secondary N) is 1. The smallest absolute Gasteiger partial charge is 0.281 e. The second-order valence-corrected chi connectivity index (χ2v) is 9.70. The molecular weight excluding hydrogens is 362 g/mol. The Morgan fingerprint density at radius 3 is 2.52 bits per heavy atom. The zero-order valence-electron chi connectivity index (χ0n) is 16.1. The molecule has 6 nitrogen and oxygen atoms in total. The monoisotopic (exact) mass is 393 g/mol. The number of amides is 1. The molecule has 1 aromatic rings. The SMILES string of the molecule is CN(C1CCCCC1)S(=O)(=O)N1CCC[C@@H](C(=O)NCc2ccccc2)C1. The van der Waals surface area contributed by atoms with Crippen molar-refractivity contribution in [1.82, 2.24) is 13.9 Å². The van der Waals surface area contributed by atoms with E-state index in [9.17, 15) is 13.2 Å². The summed E-state index contributed by atoms with van der Waals surface area (Å²) in [6.45, 7) is 1.26. The second-order valence-electron chi connectivity index (χ2n) is 7.72. The molecule has 3 rings (SSSR count). The van der Waals surface area contributed by atoms with E-state index in [0.29, 0.717) is 13.1 Å². The molecule has 1 saturated carbocycles. The summed E-state index contributed by atoms with van der Waals surface area (Å²) in [5.41, 5.74) is 1.04. The molecular formula is C20H31N3O3S. The zero-order valence-corrected chi connectivity index (χ0v) is 17.0. The van der Waals surface area contributed by atoms with Gasteiger partial charge in [-0.25, -0.2) is 0 Å². The van der Waals surface area contributed by atoms with Crippen molar-refractivity contribution in [3.05, 3.63) is 35.9 Å². The largest absolute Gasteiger partial charge is 0.352 e. The molecule has 27 heavy (non-hydrogen) atoms. The van der Waals surface area contributed by atoms with Gasteiger partial charge in [-0.2, -0.15) is 17.0 Å². The van der Waals surface area contributed by atoms with Gasteiger partial charge < -0.3 is 5.32 Å². The van der Waals surface area contributed by atoms with E-state index in [1.54, 1.807) is 11.4 Å². The molecule has 1 aliphatic heterocycles. The first-order valence-electron chi connectivity index (χ1n) is 10.0. The molecule has 150 valence electrons. The number of carbonyl (C=O) groups is 1. The zero-order chi connectivity index (χ0) is 19.3. The van der Waals surface area contributed by atoms with Crippen molar-refractivity contribution in [2.24, 2.45) is 5.92 Å². The highest BCUT2D eigenvalue weighted by Gasteiger charge is 2.37. The maximum atomic E-state index is 13.1. The predicted octanol–water partition coefficient (Wildman–Crippen LogP) is 2.52. The fourth-order valence-electron chi connectivity index (χ4n) is 4.11. The van der Waals surface area contributed by atoms with Crippen LogP contribution >= 0.6 is 0 Å². The van der Waals surface area contributed by atoms with Gasteiger partial charge in [0.25, 0.3) is 10.2 Å². The highest BCUT2D eigenvalue weighted by molar-refractivity contribution is 7.86. The summed E-state index contributed by atoms with van der Waals surface area (Å²) in [5, 5.41) is 2.96. The Morgan fingerprint density at radius 2 is 1.81 bits per heavy atom. The number of rotatable bonds is 6. The molecule has 2 fully saturated rings. The van der Waals surface area contributed by atoms with Crippen molar-refractivity contribution >= 4 is 16.1 Å². The summed E-state index contributed by atoms with van der Waals surface area (Å²) in [7, 11) is -1.81. The highest BCUT2D eigenvalue weighted by Crippen LogP contribution is 2.27. The van der Waals surface area contributed by atoms with Gasteiger partial charge in [-0.1, -0.05) is 49.6 Å². The van der Waals surface area contributed by atoms with Crippen LogP contribution in [0.25, 0.3) is 0 Å². The third kappa shape index (κ3) is 5.09. The maximum absolute atomic E-state index is 13.1. The van der Waals surface area contributed by atoms with Gasteiger partial charge in [0.2, 0.25) is 5.91 Å². The minimum atomic E-state index is -3.51. The van der Waals surface area contributed by atoms with Gasteiger partial charge in [0.1, 0.15) is 0 Å². The van der Waals surface area contributed by atoms with Crippen LogP contribution in [0.3, 0.4) is 0 Å². The highest BCUT2D eigenvalue weighted by atomic mass is 32.2. The summed E-state index contributed by atoms with van der Waals surface area (Å²) in [4.78, 5) is 12.6. The number of hydrogen-bond donors (Lipinski definition) is 1. The van der Waals surface area contributed by atoms with Crippen LogP contribution in [0, 0.1) is 5.92 Å². The summed E-state index contributed by atoms with van der Waals surface area (Å²) < 4.78 is 29.2. The first-order valence-corrected chi connectivity index (χ1v) is 11.4. The van der Waals surface area contributed by atoms with Gasteiger partial charge in [0, 0.05) is 32.7 Å². The minimum Gasteiger partial charge on any atom is -0.352 e. The van der Waals surface area contributed by atoms with Crippen LogP contribution in [0.2, 0.25) is 0 Å². The Hall–Kier alpha value is -1.44. The average molecular weight is 394 g/mol. The Morgan fingerprint density at radius 1 is 1.11 bits per heavy atom. The average Bonchev–Trinajstić information content (AvgIpc) is 2.73. The summed E-state index contributed by atoms with van der Waals surface area (Å²) in [6, 6.07) is 9.86. The van der Waals surface area contributed by atoms with Crippen LogP contribution in [-0.2, 0) is 21.5 Å². The topological polar surface area (TPSA) is 69.7 Å². The van der Waals surface area contributed by atoms with Gasteiger partial charge in [-0.05, 0) is 31.2 Å². The van der Waals surface area contributed by atoms with E-state index >= 15 is 0 Å². The molecule has 0 aromatic heterocycles. The minimum absolute atomic E-state index is 0.0564. The molecule has 0 bridgehead atoms. The molecule has 1 atom stereocenters. The van der Waals surface area contributed by atoms with Crippen molar-refractivity contribution in [3.63, 3.8) is 0 Å². The van der Waals surface area contributed by atoms with E-state index < -0.39 is 10.2 Å². The lowest BCUT2D eigenvalue weighted by molar-refractivity contribution is -0.126. The lowest BCUT2D eigenvalue weighted by Crippen LogP contribution is -2.52. The van der Waals surface area contributed by atoms with Gasteiger partial charge >= 0.3 is 0 Å². The number of hydrogen-bond acceptors (Lipinski definition) is 3. The van der Waals surface area contributed by atoms with Crippen LogP contribution in [-0.4, -0.2) is 49.1 Å². The molecule has 7 heteroatoms. The number of nitrogens with zero attached hydrogens (tertiary/aromatic N) is 2. The van der Waals surface area contributed by atoms with Crippen molar-refractivity contribution in [3.8, 4) is 0 Å². The fraction of sp³-hybridized carbons (Fsp3) is 0.650. The second kappa shape index (κ2) is 9.17. The fourth-order valence-corrected chi connectivity index (χ4v) is 5.79. The van der Waals surface area contributed by atoms with E-state index in [1.165, 1.54) is 10.7 Å². The van der Waals surface area contributed by atoms with E-state index in [-0.39, 0.29) is 24.4 Å². The molecule has 0 unspecified atom stereocenters. The molecule has 0 spiro atoms. The molecule has 1 N–H and O–H groups in total. The summed E-state index contributed by atoms with van der Waals surface area (Å²) in [5.74, 6) is -0.337. The molecule has 1 aliphatic carbocycles. The van der Waals surface area contributed by atoms with E-state index in [1.807, 2.05) is 30.3 Å². The predicted molar refractivity (Wildman–Crippen MR) is 106 cm³/mol. The Kier molecular flexibility index (Phi) is 6.89. The normalized spacial score (nSPS) is 22.7. The molecule has 1 saturated heterocycles. The molecule has 1 amide bonds. The van der Waals surface area contributed by atoms with Crippen molar-refractivity contribution < 1.29 is 13.2 Å². The molecule has 0 radical (unpaired) electrons. The molecule has 1 heterocycles. The first-order chi connectivity index (χ1) is 13.0. The molecule has 1 aromatic carbocycles. The lowest BCUT2D eigenvalue weighted by Gasteiger charge is -2.37. The van der Waals surface area contributed by atoms with Crippen LogP contribution < -0.4 is 5.32 Å². The molecule has 2 aliphatic rings. The first kappa shape index (κ1) is 20.3. The number of benzene rings is 1. The lowest BCUT2D eigenvalue weighted by atomic mass is 9.96. The van der Waals surface area contributed by atoms with E-state index in [0.717, 1.165) is 44.1 Å². The van der Waals surface area contributed by atoms with Crippen molar-refractivity contribution in [2.45, 2.75) is 57.5 Å². The Labute approximate surface area is 163 Å². The number of piperidine rings is 1. The number of carbonyl (C=O) groups excluding carboxylic acids is 1. The van der Waals surface area contributed by atoms with Crippen LogP contribution in [0.5, 0.6) is 0 Å². The summed E-state index contributed by atoms with van der Waals surface area (Å²) >= 11 is 0. The quantitative estimate of drug-likeness (QED) is 0.807. The van der Waals surface area contributed by atoms with Crippen LogP contribution in [0.15, 0.2) is 30.3 Å². The maximum Gasteiger partial charge on any atom is 0.281 e. The summed E-state index contributed by atoms with van der Waals surface area (Å²) in [6.07, 6.45) is 6.71. The standard InChI is InChI=1S/C20H31N3O3S/c1-22(19-12-6-3-7-13-19)27(25,26)23-14-8-11-18(16-23)20(24)21-15-17-9-4-2-5-10-17/h2,4-5,9-10,18-19H,3,6-8,11-16H2,1H3,(H,21,24)/t18-/m1/s1. The van der Waals surface area contributed by atoms with Gasteiger partial charge in [0.05, 0.1) is 5.92 Å². The van der Waals surface area contributed by atoms with Crippen LogP contribution in [0.1, 0.15) is 50.5 Å². The van der Waals surface area contributed by atoms with Gasteiger partial charge in [-0.3, -0.25) is 4.79 Å².